The lowest BCUT2D eigenvalue weighted by Gasteiger charge is -2.30. The number of benzene rings is 1. The Labute approximate surface area is 126 Å². The zero-order valence-electron chi connectivity index (χ0n) is 12.7. The van der Waals surface area contributed by atoms with E-state index in [1.54, 1.807) is 7.11 Å². The molecule has 2 rings (SSSR count). The number of hydrogen-bond donors (Lipinski definition) is 2. The molecule has 0 unspecified atom stereocenters. The van der Waals surface area contributed by atoms with Crippen molar-refractivity contribution in [2.45, 2.75) is 19.4 Å². The molecule has 0 bridgehead atoms. The largest absolute Gasteiger partial charge is 0.384 e. The van der Waals surface area contributed by atoms with Gasteiger partial charge in [0.1, 0.15) is 0 Å². The first-order valence-electron chi connectivity index (χ1n) is 7.51. The summed E-state index contributed by atoms with van der Waals surface area (Å²) in [5.74, 6) is 0.679. The molecule has 1 aromatic rings. The van der Waals surface area contributed by atoms with E-state index in [9.17, 15) is 4.79 Å². The fourth-order valence-corrected chi connectivity index (χ4v) is 2.67. The number of ether oxygens (including phenoxy) is 1. The number of likely N-dealkylation sites (tertiary alicyclic amines) is 1. The van der Waals surface area contributed by atoms with Gasteiger partial charge in [-0.1, -0.05) is 12.1 Å². The van der Waals surface area contributed by atoms with Gasteiger partial charge in [0.25, 0.3) is 0 Å². The molecule has 0 aromatic heterocycles. The average molecular weight is 291 g/mol. The molecule has 1 aliphatic heterocycles. The molecule has 0 saturated carbocycles. The Morgan fingerprint density at radius 1 is 1.33 bits per heavy atom. The Kier molecular flexibility index (Phi) is 6.17. The van der Waals surface area contributed by atoms with Gasteiger partial charge in [-0.3, -0.25) is 9.69 Å². The van der Waals surface area contributed by atoms with Crippen molar-refractivity contribution < 1.29 is 9.53 Å². The number of hydrogen-bond acceptors (Lipinski definition) is 4. The standard InChI is InChI=1S/C16H25N3O2/c1-21-12-14-6-8-19(9-7-14)11-16(20)18-15-4-2-13(10-17)3-5-15/h2-5,14H,6-12,17H2,1H3,(H,18,20). The van der Waals surface area contributed by atoms with Crippen LogP contribution < -0.4 is 11.1 Å². The molecule has 1 aromatic carbocycles. The van der Waals surface area contributed by atoms with Gasteiger partial charge < -0.3 is 15.8 Å². The fourth-order valence-electron chi connectivity index (χ4n) is 2.67. The molecule has 1 fully saturated rings. The second-order valence-corrected chi connectivity index (χ2v) is 5.62. The maximum absolute atomic E-state index is 12.0. The number of amides is 1. The lowest BCUT2D eigenvalue weighted by molar-refractivity contribution is -0.117. The smallest absolute Gasteiger partial charge is 0.238 e. The molecule has 21 heavy (non-hydrogen) atoms. The van der Waals surface area contributed by atoms with Crippen molar-refractivity contribution >= 4 is 11.6 Å². The fraction of sp³-hybridized carbons (Fsp3) is 0.562. The van der Waals surface area contributed by atoms with Gasteiger partial charge >= 0.3 is 0 Å². The lowest BCUT2D eigenvalue weighted by atomic mass is 9.98. The van der Waals surface area contributed by atoms with Crippen molar-refractivity contribution in [3.05, 3.63) is 29.8 Å². The summed E-state index contributed by atoms with van der Waals surface area (Å²) in [5.41, 5.74) is 7.44. The zero-order chi connectivity index (χ0) is 15.1. The van der Waals surface area contributed by atoms with E-state index in [0.29, 0.717) is 19.0 Å². The number of nitrogens with zero attached hydrogens (tertiary/aromatic N) is 1. The molecule has 3 N–H and O–H groups in total. The van der Waals surface area contributed by atoms with E-state index in [2.05, 4.69) is 10.2 Å². The first-order valence-corrected chi connectivity index (χ1v) is 7.51. The highest BCUT2D eigenvalue weighted by atomic mass is 16.5. The Morgan fingerprint density at radius 2 is 2.00 bits per heavy atom. The number of rotatable bonds is 6. The predicted octanol–water partition coefficient (Wildman–Crippen LogP) is 1.44. The van der Waals surface area contributed by atoms with Crippen LogP contribution in [-0.4, -0.2) is 44.2 Å². The summed E-state index contributed by atoms with van der Waals surface area (Å²) in [6, 6.07) is 7.66. The van der Waals surface area contributed by atoms with Crippen LogP contribution in [0.2, 0.25) is 0 Å². The molecule has 1 heterocycles. The van der Waals surface area contributed by atoms with E-state index >= 15 is 0 Å². The van der Waals surface area contributed by atoms with E-state index in [-0.39, 0.29) is 5.91 Å². The van der Waals surface area contributed by atoms with E-state index < -0.39 is 0 Å². The van der Waals surface area contributed by atoms with Crippen molar-refractivity contribution in [3.8, 4) is 0 Å². The highest BCUT2D eigenvalue weighted by molar-refractivity contribution is 5.92. The van der Waals surface area contributed by atoms with Crippen molar-refractivity contribution in [1.29, 1.82) is 0 Å². The van der Waals surface area contributed by atoms with Crippen LogP contribution in [0.4, 0.5) is 5.69 Å². The average Bonchev–Trinajstić information content (AvgIpc) is 2.50. The normalized spacial score (nSPS) is 16.9. The van der Waals surface area contributed by atoms with Gasteiger partial charge in [-0.2, -0.15) is 0 Å². The minimum absolute atomic E-state index is 0.0423. The van der Waals surface area contributed by atoms with Gasteiger partial charge in [-0.05, 0) is 49.5 Å². The van der Waals surface area contributed by atoms with Crippen LogP contribution in [0, 0.1) is 5.92 Å². The number of methoxy groups -OCH3 is 1. The third-order valence-electron chi connectivity index (χ3n) is 3.95. The maximum atomic E-state index is 12.0. The second kappa shape index (κ2) is 8.12. The summed E-state index contributed by atoms with van der Waals surface area (Å²) in [5, 5.41) is 2.93. The molecule has 5 heteroatoms. The lowest BCUT2D eigenvalue weighted by Crippen LogP contribution is -2.40. The summed E-state index contributed by atoms with van der Waals surface area (Å²) < 4.78 is 5.19. The third-order valence-corrected chi connectivity index (χ3v) is 3.95. The molecule has 0 aliphatic carbocycles. The van der Waals surface area contributed by atoms with Crippen molar-refractivity contribution in [2.24, 2.45) is 11.7 Å². The maximum Gasteiger partial charge on any atom is 0.238 e. The van der Waals surface area contributed by atoms with Gasteiger partial charge in [0.15, 0.2) is 0 Å². The summed E-state index contributed by atoms with van der Waals surface area (Å²) in [6.45, 7) is 3.73. The monoisotopic (exact) mass is 291 g/mol. The molecule has 0 spiro atoms. The van der Waals surface area contributed by atoms with Gasteiger partial charge in [0.05, 0.1) is 6.54 Å². The van der Waals surface area contributed by atoms with Crippen molar-refractivity contribution in [2.75, 3.05) is 38.7 Å². The van der Waals surface area contributed by atoms with E-state index in [4.69, 9.17) is 10.5 Å². The minimum atomic E-state index is 0.0423. The number of nitrogens with two attached hydrogens (primary N) is 1. The Balaban J connectivity index is 1.74. The van der Waals surface area contributed by atoms with Gasteiger partial charge in [-0.15, -0.1) is 0 Å². The molecule has 0 radical (unpaired) electrons. The number of anilines is 1. The van der Waals surface area contributed by atoms with Crippen molar-refractivity contribution in [3.63, 3.8) is 0 Å². The van der Waals surface area contributed by atoms with E-state index in [1.807, 2.05) is 24.3 Å². The van der Waals surface area contributed by atoms with Crippen LogP contribution in [0.25, 0.3) is 0 Å². The van der Waals surface area contributed by atoms with E-state index in [1.165, 1.54) is 0 Å². The summed E-state index contributed by atoms with van der Waals surface area (Å²) in [4.78, 5) is 14.2. The quantitative estimate of drug-likeness (QED) is 0.832. The molecule has 1 saturated heterocycles. The molecular formula is C16H25N3O2. The number of piperidine rings is 1. The summed E-state index contributed by atoms with van der Waals surface area (Å²) in [6.07, 6.45) is 2.21. The number of carbonyl (C=O) groups excluding carboxylic acids is 1. The SMILES string of the molecule is COCC1CCN(CC(=O)Nc2ccc(CN)cc2)CC1. The van der Waals surface area contributed by atoms with Crippen LogP contribution in [0.3, 0.4) is 0 Å². The molecule has 5 nitrogen and oxygen atoms in total. The van der Waals surface area contributed by atoms with Crippen molar-refractivity contribution in [1.82, 2.24) is 4.90 Å². The van der Waals surface area contributed by atoms with Crippen LogP contribution in [-0.2, 0) is 16.1 Å². The minimum Gasteiger partial charge on any atom is -0.384 e. The van der Waals surface area contributed by atoms with Crippen LogP contribution in [0.15, 0.2) is 24.3 Å². The van der Waals surface area contributed by atoms with Gasteiger partial charge in [0, 0.05) is 25.9 Å². The second-order valence-electron chi connectivity index (χ2n) is 5.62. The van der Waals surface area contributed by atoms with Crippen LogP contribution in [0.1, 0.15) is 18.4 Å². The van der Waals surface area contributed by atoms with Crippen LogP contribution >= 0.6 is 0 Å². The Bertz CT molecular complexity index is 439. The topological polar surface area (TPSA) is 67.6 Å². The number of nitrogens with one attached hydrogen (secondary N) is 1. The predicted molar refractivity (Wildman–Crippen MR) is 84.0 cm³/mol. The highest BCUT2D eigenvalue weighted by Gasteiger charge is 2.20. The molecule has 1 aliphatic rings. The summed E-state index contributed by atoms with van der Waals surface area (Å²) >= 11 is 0. The number of carbonyl (C=O) groups is 1. The first kappa shape index (κ1) is 15.9. The van der Waals surface area contributed by atoms with Crippen LogP contribution in [0.5, 0.6) is 0 Å². The van der Waals surface area contributed by atoms with Gasteiger partial charge in [-0.25, -0.2) is 0 Å². The van der Waals surface area contributed by atoms with E-state index in [0.717, 1.165) is 43.8 Å². The third kappa shape index (κ3) is 5.12. The van der Waals surface area contributed by atoms with Gasteiger partial charge in [0.2, 0.25) is 5.91 Å². The summed E-state index contributed by atoms with van der Waals surface area (Å²) in [7, 11) is 1.75. The molecule has 116 valence electrons. The Hall–Kier alpha value is -1.43. The zero-order valence-corrected chi connectivity index (χ0v) is 12.7. The first-order chi connectivity index (χ1) is 10.2. The molecular weight excluding hydrogens is 266 g/mol. The Morgan fingerprint density at radius 3 is 2.57 bits per heavy atom. The molecule has 1 amide bonds. The molecule has 0 atom stereocenters. The highest BCUT2D eigenvalue weighted by Crippen LogP contribution is 2.17.